The second-order valence-electron chi connectivity index (χ2n) is 5.20. The Morgan fingerprint density at radius 3 is 2.41 bits per heavy atom. The van der Waals surface area contributed by atoms with Crippen molar-refractivity contribution in [2.45, 2.75) is 53.0 Å². The average Bonchev–Trinajstić information content (AvgIpc) is 2.28. The van der Waals surface area contributed by atoms with Gasteiger partial charge in [-0.25, -0.2) is 9.97 Å². The molecule has 1 N–H and O–H groups in total. The van der Waals surface area contributed by atoms with E-state index in [0.717, 1.165) is 24.4 Å². The molecule has 0 fully saturated rings. The highest BCUT2D eigenvalue weighted by Crippen LogP contribution is 2.14. The molecule has 0 saturated heterocycles. The van der Waals surface area contributed by atoms with Crippen molar-refractivity contribution in [3.63, 3.8) is 0 Å². The molecule has 0 bridgehead atoms. The minimum absolute atomic E-state index is 0.466. The normalized spacial score (nSPS) is 13.4. The number of rotatable bonds is 6. The molecule has 3 heteroatoms. The van der Waals surface area contributed by atoms with Gasteiger partial charge in [-0.15, -0.1) is 0 Å². The highest BCUT2D eigenvalue weighted by atomic mass is 14.9. The highest BCUT2D eigenvalue weighted by Gasteiger charge is 2.14. The topological polar surface area (TPSA) is 37.8 Å². The van der Waals surface area contributed by atoms with Crippen molar-refractivity contribution in [2.75, 3.05) is 6.54 Å². The predicted octanol–water partition coefficient (Wildman–Crippen LogP) is 2.78. The van der Waals surface area contributed by atoms with Crippen molar-refractivity contribution in [1.29, 1.82) is 0 Å². The third-order valence-electron chi connectivity index (χ3n) is 3.04. The molecular formula is C14H25N3. The fraction of sp³-hybridized carbons (Fsp3) is 0.714. The molecule has 0 spiro atoms. The van der Waals surface area contributed by atoms with E-state index >= 15 is 0 Å². The average molecular weight is 235 g/mol. The van der Waals surface area contributed by atoms with E-state index in [1.54, 1.807) is 6.33 Å². The Balaban J connectivity index is 2.75. The van der Waals surface area contributed by atoms with Crippen LogP contribution in [0.25, 0.3) is 0 Å². The third kappa shape index (κ3) is 4.43. The molecular weight excluding hydrogens is 210 g/mol. The van der Waals surface area contributed by atoms with Crippen molar-refractivity contribution in [3.05, 3.63) is 23.8 Å². The lowest BCUT2D eigenvalue weighted by Gasteiger charge is -2.21. The molecule has 3 nitrogen and oxygen atoms in total. The van der Waals surface area contributed by atoms with Gasteiger partial charge < -0.3 is 5.32 Å². The molecule has 17 heavy (non-hydrogen) atoms. The summed E-state index contributed by atoms with van der Waals surface area (Å²) in [5.74, 6) is 1.08. The number of likely N-dealkylation sites (N-methyl/N-ethyl adjacent to an activating group) is 1. The standard InChI is InChI=1S/C14H25N3/c1-6-15-13(10(2)3)7-12-8-14(11(4)5)17-9-16-12/h8-11,13,15H,6-7H2,1-5H3. The summed E-state index contributed by atoms with van der Waals surface area (Å²) < 4.78 is 0. The van der Waals surface area contributed by atoms with E-state index in [-0.39, 0.29) is 0 Å². The third-order valence-corrected chi connectivity index (χ3v) is 3.04. The maximum atomic E-state index is 4.38. The van der Waals surface area contributed by atoms with Crippen LogP contribution in [0.5, 0.6) is 0 Å². The molecule has 1 atom stereocenters. The van der Waals surface area contributed by atoms with Crippen LogP contribution in [-0.4, -0.2) is 22.6 Å². The summed E-state index contributed by atoms with van der Waals surface area (Å²) in [6, 6.07) is 2.63. The van der Waals surface area contributed by atoms with Gasteiger partial charge in [0.1, 0.15) is 6.33 Å². The van der Waals surface area contributed by atoms with E-state index in [1.807, 2.05) is 0 Å². The SMILES string of the molecule is CCNC(Cc1cc(C(C)C)ncn1)C(C)C. The van der Waals surface area contributed by atoms with Gasteiger partial charge in [-0.05, 0) is 24.4 Å². The molecule has 0 amide bonds. The summed E-state index contributed by atoms with van der Waals surface area (Å²) in [5.41, 5.74) is 2.28. The van der Waals surface area contributed by atoms with Crippen LogP contribution in [-0.2, 0) is 6.42 Å². The van der Waals surface area contributed by atoms with E-state index < -0.39 is 0 Å². The largest absolute Gasteiger partial charge is 0.314 e. The minimum atomic E-state index is 0.466. The van der Waals surface area contributed by atoms with Crippen LogP contribution < -0.4 is 5.32 Å². The number of aromatic nitrogens is 2. The van der Waals surface area contributed by atoms with E-state index in [2.05, 4.69) is 56.0 Å². The first kappa shape index (κ1) is 14.1. The first-order valence-electron chi connectivity index (χ1n) is 6.58. The summed E-state index contributed by atoms with van der Waals surface area (Å²) in [7, 11) is 0. The number of nitrogens with zero attached hydrogens (tertiary/aromatic N) is 2. The monoisotopic (exact) mass is 235 g/mol. The van der Waals surface area contributed by atoms with Gasteiger partial charge in [0.05, 0.1) is 0 Å². The van der Waals surface area contributed by atoms with E-state index in [0.29, 0.717) is 17.9 Å². The first-order valence-corrected chi connectivity index (χ1v) is 6.58. The second kappa shape index (κ2) is 6.70. The molecule has 1 aromatic rings. The van der Waals surface area contributed by atoms with Crippen molar-refractivity contribution in [3.8, 4) is 0 Å². The van der Waals surface area contributed by atoms with E-state index in [4.69, 9.17) is 0 Å². The maximum Gasteiger partial charge on any atom is 0.115 e. The van der Waals surface area contributed by atoms with Gasteiger partial charge in [0.2, 0.25) is 0 Å². The van der Waals surface area contributed by atoms with Crippen LogP contribution in [0.4, 0.5) is 0 Å². The Morgan fingerprint density at radius 2 is 1.88 bits per heavy atom. The first-order chi connectivity index (χ1) is 8.04. The van der Waals surface area contributed by atoms with E-state index in [1.165, 1.54) is 0 Å². The quantitative estimate of drug-likeness (QED) is 0.824. The molecule has 1 rings (SSSR count). The molecule has 0 aliphatic rings. The molecule has 96 valence electrons. The van der Waals surface area contributed by atoms with Gasteiger partial charge in [0.15, 0.2) is 0 Å². The van der Waals surface area contributed by atoms with Crippen LogP contribution in [0.2, 0.25) is 0 Å². The zero-order valence-electron chi connectivity index (χ0n) is 11.7. The fourth-order valence-corrected chi connectivity index (χ4v) is 1.87. The summed E-state index contributed by atoms with van der Waals surface area (Å²) in [4.78, 5) is 8.68. The van der Waals surface area contributed by atoms with Crippen molar-refractivity contribution >= 4 is 0 Å². The van der Waals surface area contributed by atoms with Gasteiger partial charge in [-0.3, -0.25) is 0 Å². The second-order valence-corrected chi connectivity index (χ2v) is 5.20. The lowest BCUT2D eigenvalue weighted by molar-refractivity contribution is 0.402. The van der Waals surface area contributed by atoms with Gasteiger partial charge in [0.25, 0.3) is 0 Å². The summed E-state index contributed by atoms with van der Waals surface area (Å²) in [6.07, 6.45) is 2.67. The fourth-order valence-electron chi connectivity index (χ4n) is 1.87. The minimum Gasteiger partial charge on any atom is -0.314 e. The van der Waals surface area contributed by atoms with Crippen LogP contribution in [0, 0.1) is 5.92 Å². The lowest BCUT2D eigenvalue weighted by atomic mass is 9.98. The Kier molecular flexibility index (Phi) is 5.56. The molecule has 1 aromatic heterocycles. The van der Waals surface area contributed by atoms with Crippen molar-refractivity contribution in [2.24, 2.45) is 5.92 Å². The highest BCUT2D eigenvalue weighted by molar-refractivity contribution is 5.12. The Hall–Kier alpha value is -0.960. The van der Waals surface area contributed by atoms with Gasteiger partial charge >= 0.3 is 0 Å². The Morgan fingerprint density at radius 1 is 1.18 bits per heavy atom. The zero-order chi connectivity index (χ0) is 12.8. The molecule has 1 unspecified atom stereocenters. The Bertz CT molecular complexity index is 334. The maximum absolute atomic E-state index is 4.38. The van der Waals surface area contributed by atoms with Crippen molar-refractivity contribution in [1.82, 2.24) is 15.3 Å². The zero-order valence-corrected chi connectivity index (χ0v) is 11.7. The number of hydrogen-bond donors (Lipinski definition) is 1. The number of nitrogens with one attached hydrogen (secondary N) is 1. The molecule has 0 aliphatic carbocycles. The summed E-state index contributed by atoms with van der Waals surface area (Å²) >= 11 is 0. The van der Waals surface area contributed by atoms with Crippen LogP contribution in [0.3, 0.4) is 0 Å². The lowest BCUT2D eigenvalue weighted by Crippen LogP contribution is -2.35. The number of hydrogen-bond acceptors (Lipinski definition) is 3. The predicted molar refractivity (Wildman–Crippen MR) is 72.1 cm³/mol. The smallest absolute Gasteiger partial charge is 0.115 e. The van der Waals surface area contributed by atoms with Gasteiger partial charge in [0, 0.05) is 23.9 Å². The van der Waals surface area contributed by atoms with Gasteiger partial charge in [-0.1, -0.05) is 34.6 Å². The summed E-state index contributed by atoms with van der Waals surface area (Å²) in [6.45, 7) is 12.0. The molecule has 0 aromatic carbocycles. The van der Waals surface area contributed by atoms with Crippen LogP contribution in [0.1, 0.15) is 51.9 Å². The molecule has 0 radical (unpaired) electrons. The van der Waals surface area contributed by atoms with Crippen LogP contribution >= 0.6 is 0 Å². The Labute approximate surface area is 105 Å². The van der Waals surface area contributed by atoms with Gasteiger partial charge in [-0.2, -0.15) is 0 Å². The molecule has 1 heterocycles. The molecule has 0 aliphatic heterocycles. The van der Waals surface area contributed by atoms with Crippen molar-refractivity contribution < 1.29 is 0 Å². The molecule has 0 saturated carbocycles. The summed E-state index contributed by atoms with van der Waals surface area (Å²) in [5, 5.41) is 3.52. The van der Waals surface area contributed by atoms with E-state index in [9.17, 15) is 0 Å². The van der Waals surface area contributed by atoms with Crippen LogP contribution in [0.15, 0.2) is 12.4 Å².